The van der Waals surface area contributed by atoms with E-state index in [0.29, 0.717) is 5.76 Å². The van der Waals surface area contributed by atoms with E-state index in [0.717, 1.165) is 11.3 Å². The Hall–Kier alpha value is -1.31. The Bertz CT molecular complexity index is 290. The summed E-state index contributed by atoms with van der Waals surface area (Å²) in [6, 6.07) is 0. The van der Waals surface area contributed by atoms with Gasteiger partial charge in [0.2, 0.25) is 0 Å². The molecule has 1 rings (SSSR count). The molecular weight excluding hydrogens is 152 g/mol. The molecule has 0 aromatic carbocycles. The molecule has 1 heterocycles. The van der Waals surface area contributed by atoms with Gasteiger partial charge in [-0.05, 0) is 38.5 Å². The minimum Gasteiger partial charge on any atom is -0.462 e. The number of ketones is 1. The van der Waals surface area contributed by atoms with Crippen molar-refractivity contribution in [3.05, 3.63) is 35.3 Å². The maximum absolute atomic E-state index is 10.7. The molecule has 0 amide bonds. The van der Waals surface area contributed by atoms with Crippen molar-refractivity contribution in [2.24, 2.45) is 0 Å². The summed E-state index contributed by atoms with van der Waals surface area (Å²) in [6.45, 7) is 5.34. The summed E-state index contributed by atoms with van der Waals surface area (Å²) in [7, 11) is 0. The summed E-state index contributed by atoms with van der Waals surface area (Å²) in [4.78, 5) is 10.7. The summed E-state index contributed by atoms with van der Waals surface area (Å²) in [6.07, 6.45) is 5.26. The molecule has 0 spiro atoms. The predicted molar refractivity (Wildman–Crippen MR) is 47.4 cm³/mol. The number of hydrogen-bond donors (Lipinski definition) is 0. The summed E-state index contributed by atoms with van der Waals surface area (Å²) < 4.78 is 5.29. The molecule has 0 aliphatic carbocycles. The van der Waals surface area contributed by atoms with Crippen LogP contribution in [0.25, 0.3) is 0 Å². The van der Waals surface area contributed by atoms with Gasteiger partial charge in [-0.2, -0.15) is 0 Å². The largest absolute Gasteiger partial charge is 0.462 e. The van der Waals surface area contributed by atoms with Crippen LogP contribution in [0.1, 0.15) is 20.8 Å². The quantitative estimate of drug-likeness (QED) is 0.556. The average Bonchev–Trinajstić information content (AvgIpc) is 1.81. The molecule has 2 nitrogen and oxygen atoms in total. The minimum atomic E-state index is 0.00347. The fraction of sp³-hybridized carbons (Fsp3) is 0.300. The molecule has 64 valence electrons. The molecule has 1 aliphatic heterocycles. The number of carbonyl (C=O) groups is 1. The third-order valence-electron chi connectivity index (χ3n) is 1.43. The van der Waals surface area contributed by atoms with Crippen molar-refractivity contribution in [1.82, 2.24) is 0 Å². The molecule has 0 aromatic heterocycles. The van der Waals surface area contributed by atoms with Crippen molar-refractivity contribution in [2.75, 3.05) is 0 Å². The second-order valence-electron chi connectivity index (χ2n) is 2.90. The van der Waals surface area contributed by atoms with Gasteiger partial charge in [0, 0.05) is 6.08 Å². The number of rotatable bonds is 1. The van der Waals surface area contributed by atoms with Gasteiger partial charge in [-0.3, -0.25) is 4.79 Å². The van der Waals surface area contributed by atoms with Gasteiger partial charge in [0.15, 0.2) is 5.78 Å². The van der Waals surface area contributed by atoms with Gasteiger partial charge in [-0.25, -0.2) is 0 Å². The number of hydrogen-bond acceptors (Lipinski definition) is 2. The lowest BCUT2D eigenvalue weighted by atomic mass is 10.2. The number of ether oxygens (including phenoxy) is 1. The van der Waals surface area contributed by atoms with E-state index in [-0.39, 0.29) is 5.78 Å². The third-order valence-corrected chi connectivity index (χ3v) is 1.43. The lowest BCUT2D eigenvalue weighted by Crippen LogP contribution is -1.97. The van der Waals surface area contributed by atoms with Crippen LogP contribution in [0.5, 0.6) is 0 Å². The van der Waals surface area contributed by atoms with Crippen LogP contribution in [0.15, 0.2) is 35.3 Å². The highest BCUT2D eigenvalue weighted by Gasteiger charge is 2.04. The first-order chi connectivity index (χ1) is 5.58. The van der Waals surface area contributed by atoms with Gasteiger partial charge < -0.3 is 4.74 Å². The molecule has 0 atom stereocenters. The van der Waals surface area contributed by atoms with Gasteiger partial charge in [-0.15, -0.1) is 0 Å². The fourth-order valence-corrected chi connectivity index (χ4v) is 1.10. The van der Waals surface area contributed by atoms with E-state index in [2.05, 4.69) is 0 Å². The van der Waals surface area contributed by atoms with E-state index < -0.39 is 0 Å². The summed E-state index contributed by atoms with van der Waals surface area (Å²) in [5.41, 5.74) is 1.10. The Morgan fingerprint density at radius 2 is 2.08 bits per heavy atom. The van der Waals surface area contributed by atoms with E-state index in [4.69, 9.17) is 4.74 Å². The first kappa shape index (κ1) is 8.78. The molecule has 0 fully saturated rings. The van der Waals surface area contributed by atoms with E-state index in [1.165, 1.54) is 13.0 Å². The lowest BCUT2D eigenvalue weighted by molar-refractivity contribution is -0.112. The number of allylic oxidation sites excluding steroid dienone is 5. The molecule has 0 unspecified atom stereocenters. The molecule has 0 N–H and O–H groups in total. The maximum atomic E-state index is 10.7. The van der Waals surface area contributed by atoms with Crippen LogP contribution in [0.2, 0.25) is 0 Å². The van der Waals surface area contributed by atoms with Crippen LogP contribution < -0.4 is 0 Å². The molecule has 1 aliphatic rings. The molecular formula is C10H12O2. The van der Waals surface area contributed by atoms with Crippen molar-refractivity contribution in [3.8, 4) is 0 Å². The molecule has 0 bridgehead atoms. The van der Waals surface area contributed by atoms with Gasteiger partial charge in [-0.1, -0.05) is 0 Å². The van der Waals surface area contributed by atoms with Crippen molar-refractivity contribution in [3.63, 3.8) is 0 Å². The highest BCUT2D eigenvalue weighted by molar-refractivity contribution is 5.88. The third kappa shape index (κ3) is 2.38. The molecule has 2 heteroatoms. The van der Waals surface area contributed by atoms with Crippen LogP contribution >= 0.6 is 0 Å². The van der Waals surface area contributed by atoms with Gasteiger partial charge in [0.05, 0.1) is 0 Å². The highest BCUT2D eigenvalue weighted by Crippen LogP contribution is 2.17. The van der Waals surface area contributed by atoms with Gasteiger partial charge >= 0.3 is 0 Å². The first-order valence-electron chi connectivity index (χ1n) is 3.84. The monoisotopic (exact) mass is 164 g/mol. The SMILES string of the molecule is CC(=O)/C=C1\C=C(C)C=C(C)O1. The van der Waals surface area contributed by atoms with E-state index in [9.17, 15) is 4.79 Å². The zero-order valence-corrected chi connectivity index (χ0v) is 7.55. The Kier molecular flexibility index (Phi) is 2.48. The zero-order chi connectivity index (χ0) is 9.14. The Morgan fingerprint density at radius 1 is 1.42 bits per heavy atom. The van der Waals surface area contributed by atoms with Gasteiger partial charge in [0.1, 0.15) is 11.5 Å². The van der Waals surface area contributed by atoms with E-state index >= 15 is 0 Å². The van der Waals surface area contributed by atoms with Crippen molar-refractivity contribution < 1.29 is 9.53 Å². The van der Waals surface area contributed by atoms with Crippen molar-refractivity contribution in [1.29, 1.82) is 0 Å². The lowest BCUT2D eigenvalue weighted by Gasteiger charge is -2.11. The molecule has 0 saturated heterocycles. The van der Waals surface area contributed by atoms with E-state index in [1.54, 1.807) is 0 Å². The Morgan fingerprint density at radius 3 is 2.58 bits per heavy atom. The first-order valence-corrected chi connectivity index (χ1v) is 3.84. The van der Waals surface area contributed by atoms with Crippen LogP contribution in [0.3, 0.4) is 0 Å². The number of carbonyl (C=O) groups excluding carboxylic acids is 1. The summed E-state index contributed by atoms with van der Waals surface area (Å²) in [5, 5.41) is 0. The Labute approximate surface area is 72.2 Å². The zero-order valence-electron chi connectivity index (χ0n) is 7.55. The van der Waals surface area contributed by atoms with Crippen molar-refractivity contribution in [2.45, 2.75) is 20.8 Å². The normalized spacial score (nSPS) is 19.8. The fourth-order valence-electron chi connectivity index (χ4n) is 1.10. The second-order valence-corrected chi connectivity index (χ2v) is 2.90. The Balaban J connectivity index is 2.87. The smallest absolute Gasteiger partial charge is 0.156 e. The van der Waals surface area contributed by atoms with Gasteiger partial charge in [0.25, 0.3) is 0 Å². The van der Waals surface area contributed by atoms with Crippen LogP contribution in [-0.4, -0.2) is 5.78 Å². The van der Waals surface area contributed by atoms with Crippen LogP contribution in [0, 0.1) is 0 Å². The minimum absolute atomic E-state index is 0.00347. The second kappa shape index (κ2) is 3.39. The average molecular weight is 164 g/mol. The molecule has 0 radical (unpaired) electrons. The van der Waals surface area contributed by atoms with E-state index in [1.807, 2.05) is 26.0 Å². The highest BCUT2D eigenvalue weighted by atomic mass is 16.5. The maximum Gasteiger partial charge on any atom is 0.156 e. The predicted octanol–water partition coefficient (Wildman–Crippen LogP) is 2.34. The molecule has 0 aromatic rings. The molecule has 12 heavy (non-hydrogen) atoms. The van der Waals surface area contributed by atoms with Crippen LogP contribution in [-0.2, 0) is 9.53 Å². The molecule has 0 saturated carbocycles. The summed E-state index contributed by atoms with van der Waals surface area (Å²) in [5.74, 6) is 1.45. The summed E-state index contributed by atoms with van der Waals surface area (Å²) >= 11 is 0. The standard InChI is InChI=1S/C10H12O2/c1-7-4-9(3)12-10(5-7)6-8(2)11/h4-6H,1-3H3/b10-6+. The van der Waals surface area contributed by atoms with Crippen LogP contribution in [0.4, 0.5) is 0 Å². The topological polar surface area (TPSA) is 26.3 Å². The van der Waals surface area contributed by atoms with Crippen molar-refractivity contribution >= 4 is 5.78 Å².